The van der Waals surface area contributed by atoms with Crippen LogP contribution in [0.5, 0.6) is 5.75 Å². The lowest BCUT2D eigenvalue weighted by Crippen LogP contribution is -2.34. The fourth-order valence-electron chi connectivity index (χ4n) is 2.84. The number of carbonyl (C=O) groups excluding carboxylic acids is 2. The summed E-state index contributed by atoms with van der Waals surface area (Å²) in [6.07, 6.45) is 0.467. The lowest BCUT2D eigenvalue weighted by Gasteiger charge is -2.11. The van der Waals surface area contributed by atoms with Crippen molar-refractivity contribution in [2.45, 2.75) is 26.4 Å². The molecule has 0 spiro atoms. The molecule has 2 aromatic rings. The van der Waals surface area contributed by atoms with Gasteiger partial charge in [0.25, 0.3) is 5.91 Å². The first-order valence-corrected chi connectivity index (χ1v) is 7.71. The van der Waals surface area contributed by atoms with Gasteiger partial charge in [-0.3, -0.25) is 4.79 Å². The molecule has 0 fully saturated rings. The number of methoxy groups -OCH3 is 1. The van der Waals surface area contributed by atoms with Crippen LogP contribution in [0.2, 0.25) is 0 Å². The van der Waals surface area contributed by atoms with Crippen molar-refractivity contribution in [3.63, 3.8) is 0 Å². The summed E-state index contributed by atoms with van der Waals surface area (Å²) in [5.41, 5.74) is 1.97. The van der Waals surface area contributed by atoms with E-state index >= 15 is 0 Å². The largest absolute Gasteiger partial charge is 0.488 e. The number of carbonyl (C=O) groups is 2. The lowest BCUT2D eigenvalue weighted by atomic mass is 10.1. The van der Waals surface area contributed by atoms with E-state index in [9.17, 15) is 9.59 Å². The molecular formula is C18H19NO5. The standard InChI is InChI=1S/C18H19NO5/c1-10-6-15(11(2)23-10)17(20)19-9-14-8-13-7-12(18(21)22-3)4-5-16(13)24-14/h4-7,14H,8-9H2,1-3H3,(H,19,20). The van der Waals surface area contributed by atoms with Crippen LogP contribution < -0.4 is 10.1 Å². The third-order valence-corrected chi connectivity index (χ3v) is 4.00. The van der Waals surface area contributed by atoms with Crippen molar-refractivity contribution < 1.29 is 23.5 Å². The molecule has 1 unspecified atom stereocenters. The highest BCUT2D eigenvalue weighted by Crippen LogP contribution is 2.29. The van der Waals surface area contributed by atoms with Crippen molar-refractivity contribution in [1.29, 1.82) is 0 Å². The number of benzene rings is 1. The van der Waals surface area contributed by atoms with Crippen molar-refractivity contribution in [3.8, 4) is 5.75 Å². The summed E-state index contributed by atoms with van der Waals surface area (Å²) in [5, 5.41) is 2.86. The first-order chi connectivity index (χ1) is 11.5. The van der Waals surface area contributed by atoms with E-state index in [2.05, 4.69) is 5.32 Å². The number of hydrogen-bond acceptors (Lipinski definition) is 5. The van der Waals surface area contributed by atoms with Gasteiger partial charge < -0.3 is 19.2 Å². The molecule has 6 heteroatoms. The molecule has 0 radical (unpaired) electrons. The second-order valence-corrected chi connectivity index (χ2v) is 5.80. The first kappa shape index (κ1) is 16.1. The highest BCUT2D eigenvalue weighted by molar-refractivity contribution is 5.95. The van der Waals surface area contributed by atoms with Crippen LogP contribution >= 0.6 is 0 Å². The zero-order chi connectivity index (χ0) is 17.3. The average Bonchev–Trinajstić information content (AvgIpc) is 3.13. The summed E-state index contributed by atoms with van der Waals surface area (Å²) in [6, 6.07) is 6.92. The Balaban J connectivity index is 1.61. The van der Waals surface area contributed by atoms with Gasteiger partial charge in [-0.1, -0.05) is 0 Å². The van der Waals surface area contributed by atoms with Gasteiger partial charge in [-0.2, -0.15) is 0 Å². The number of rotatable bonds is 4. The highest BCUT2D eigenvalue weighted by atomic mass is 16.5. The van der Waals surface area contributed by atoms with Crippen LogP contribution in [0.15, 0.2) is 28.7 Å². The van der Waals surface area contributed by atoms with Crippen LogP contribution in [0.25, 0.3) is 0 Å². The molecule has 1 aliphatic heterocycles. The Hall–Kier alpha value is -2.76. The van der Waals surface area contributed by atoms with E-state index in [1.54, 1.807) is 38.1 Å². The van der Waals surface area contributed by atoms with E-state index in [0.29, 0.717) is 35.6 Å². The lowest BCUT2D eigenvalue weighted by molar-refractivity contribution is 0.0600. The van der Waals surface area contributed by atoms with E-state index in [4.69, 9.17) is 13.9 Å². The van der Waals surface area contributed by atoms with Gasteiger partial charge in [0.1, 0.15) is 23.4 Å². The van der Waals surface area contributed by atoms with Gasteiger partial charge >= 0.3 is 5.97 Å². The summed E-state index contributed by atoms with van der Waals surface area (Å²) in [5.74, 6) is 1.48. The van der Waals surface area contributed by atoms with Crippen molar-refractivity contribution in [2.24, 2.45) is 0 Å². The molecule has 6 nitrogen and oxygen atoms in total. The predicted molar refractivity (Wildman–Crippen MR) is 86.4 cm³/mol. The third-order valence-electron chi connectivity index (χ3n) is 4.00. The minimum absolute atomic E-state index is 0.162. The van der Waals surface area contributed by atoms with Gasteiger partial charge in [-0.25, -0.2) is 4.79 Å². The maximum Gasteiger partial charge on any atom is 0.337 e. The summed E-state index contributed by atoms with van der Waals surface area (Å²) in [4.78, 5) is 23.8. The van der Waals surface area contributed by atoms with Crippen LogP contribution in [0.1, 0.15) is 37.8 Å². The molecule has 1 aliphatic rings. The molecule has 1 N–H and O–H groups in total. The minimum atomic E-state index is -0.375. The summed E-state index contributed by atoms with van der Waals surface area (Å²) in [6.45, 7) is 3.95. The molecule has 1 amide bonds. The Kier molecular flexibility index (Phi) is 4.29. The minimum Gasteiger partial charge on any atom is -0.488 e. The van der Waals surface area contributed by atoms with Crippen LogP contribution in [-0.4, -0.2) is 31.6 Å². The molecule has 3 rings (SSSR count). The molecule has 1 atom stereocenters. The second-order valence-electron chi connectivity index (χ2n) is 5.80. The Morgan fingerprint density at radius 1 is 1.29 bits per heavy atom. The van der Waals surface area contributed by atoms with Gasteiger partial charge in [0, 0.05) is 6.42 Å². The smallest absolute Gasteiger partial charge is 0.337 e. The number of ether oxygens (including phenoxy) is 2. The maximum absolute atomic E-state index is 12.2. The first-order valence-electron chi connectivity index (χ1n) is 7.71. The number of esters is 1. The number of nitrogens with one attached hydrogen (secondary N) is 1. The third kappa shape index (κ3) is 3.13. The molecule has 0 bridgehead atoms. The van der Waals surface area contributed by atoms with E-state index < -0.39 is 0 Å². The maximum atomic E-state index is 12.2. The quantitative estimate of drug-likeness (QED) is 0.872. The summed E-state index contributed by atoms with van der Waals surface area (Å²) in [7, 11) is 1.35. The van der Waals surface area contributed by atoms with Gasteiger partial charge in [-0.15, -0.1) is 0 Å². The zero-order valence-electron chi connectivity index (χ0n) is 13.8. The Morgan fingerprint density at radius 3 is 2.75 bits per heavy atom. The molecule has 0 saturated heterocycles. The molecule has 0 saturated carbocycles. The molecule has 0 aliphatic carbocycles. The van der Waals surface area contributed by atoms with Crippen LogP contribution in [0.3, 0.4) is 0 Å². The van der Waals surface area contributed by atoms with Gasteiger partial charge in [0.15, 0.2) is 0 Å². The van der Waals surface area contributed by atoms with Gasteiger partial charge in [0.2, 0.25) is 0 Å². The number of furan rings is 1. The fourth-order valence-corrected chi connectivity index (χ4v) is 2.84. The average molecular weight is 329 g/mol. The van der Waals surface area contributed by atoms with E-state index in [1.165, 1.54) is 7.11 Å². The normalized spacial score (nSPS) is 15.5. The number of hydrogen-bond donors (Lipinski definition) is 1. The van der Waals surface area contributed by atoms with E-state index in [0.717, 1.165) is 11.3 Å². The Morgan fingerprint density at radius 2 is 2.08 bits per heavy atom. The Labute approximate surface area is 139 Å². The van der Waals surface area contributed by atoms with Crippen molar-refractivity contribution >= 4 is 11.9 Å². The van der Waals surface area contributed by atoms with Crippen LogP contribution in [0, 0.1) is 13.8 Å². The second kappa shape index (κ2) is 6.39. The Bertz CT molecular complexity index is 793. The molecular weight excluding hydrogens is 310 g/mol. The summed E-state index contributed by atoms with van der Waals surface area (Å²) < 4.78 is 15.9. The predicted octanol–water partition coefficient (Wildman–Crippen LogP) is 2.42. The van der Waals surface area contributed by atoms with Crippen LogP contribution in [-0.2, 0) is 11.2 Å². The topological polar surface area (TPSA) is 77.8 Å². The monoisotopic (exact) mass is 329 g/mol. The van der Waals surface area contributed by atoms with Crippen molar-refractivity contribution in [2.75, 3.05) is 13.7 Å². The van der Waals surface area contributed by atoms with E-state index in [-0.39, 0.29) is 18.0 Å². The molecule has 1 aromatic carbocycles. The van der Waals surface area contributed by atoms with E-state index in [1.807, 2.05) is 0 Å². The zero-order valence-corrected chi connectivity index (χ0v) is 13.8. The highest BCUT2D eigenvalue weighted by Gasteiger charge is 2.25. The van der Waals surface area contributed by atoms with Gasteiger partial charge in [-0.05, 0) is 43.7 Å². The molecule has 1 aromatic heterocycles. The molecule has 2 heterocycles. The molecule has 24 heavy (non-hydrogen) atoms. The number of fused-ring (bicyclic) bond motifs is 1. The molecule has 126 valence electrons. The summed E-state index contributed by atoms with van der Waals surface area (Å²) >= 11 is 0. The SMILES string of the molecule is COC(=O)c1ccc2c(c1)CC(CNC(=O)c1cc(C)oc1C)O2. The number of aryl methyl sites for hydroxylation is 2. The number of amides is 1. The van der Waals surface area contributed by atoms with Crippen LogP contribution in [0.4, 0.5) is 0 Å². The van der Waals surface area contributed by atoms with Crippen molar-refractivity contribution in [1.82, 2.24) is 5.32 Å². The fraction of sp³-hybridized carbons (Fsp3) is 0.333. The van der Waals surface area contributed by atoms with Gasteiger partial charge in [0.05, 0.1) is 24.8 Å². The van der Waals surface area contributed by atoms with Crippen molar-refractivity contribution in [3.05, 3.63) is 52.5 Å².